The van der Waals surface area contributed by atoms with E-state index in [4.69, 9.17) is 0 Å². The molecule has 3 aromatic carbocycles. The fourth-order valence-corrected chi connectivity index (χ4v) is 3.09. The van der Waals surface area contributed by atoms with Gasteiger partial charge in [0.15, 0.2) is 0 Å². The molecular weight excluding hydrogens is 253 g/mol. The molecule has 1 heterocycles. The summed E-state index contributed by atoms with van der Waals surface area (Å²) in [5.41, 5.74) is 6.36. The van der Waals surface area contributed by atoms with Crippen molar-refractivity contribution in [1.29, 1.82) is 0 Å². The second-order valence-corrected chi connectivity index (χ2v) is 5.71. The molecule has 0 atom stereocenters. The molecule has 0 amide bonds. The maximum atomic E-state index is 2.37. The third-order valence-electron chi connectivity index (χ3n) is 4.09. The topological polar surface area (TPSA) is 4.93 Å². The Morgan fingerprint density at radius 3 is 2.19 bits per heavy atom. The lowest BCUT2D eigenvalue weighted by atomic mass is 9.95. The molecule has 0 unspecified atom stereocenters. The smallest absolute Gasteiger partial charge is 0.139 e. The van der Waals surface area contributed by atoms with Crippen LogP contribution in [0.2, 0.25) is 0 Å². The van der Waals surface area contributed by atoms with Gasteiger partial charge in [0.25, 0.3) is 0 Å². The van der Waals surface area contributed by atoms with E-state index in [9.17, 15) is 0 Å². The molecule has 100 valence electrons. The monoisotopic (exact) mass is 269 g/mol. The molecule has 21 heavy (non-hydrogen) atoms. The fourth-order valence-electron chi connectivity index (χ4n) is 3.09. The molecule has 1 aromatic heterocycles. The zero-order valence-corrected chi connectivity index (χ0v) is 12.3. The molecule has 4 aromatic rings. The number of benzene rings is 3. The van der Waals surface area contributed by atoms with Crippen molar-refractivity contribution in [2.75, 3.05) is 0 Å². The SMILES string of the molecule is Bc1ccc2c3ccc(C)cc3n(-c3ccccc3)c2c1. The Bertz CT molecular complexity index is 892. The minimum atomic E-state index is 1.22. The molecule has 2 heteroatoms. The van der Waals surface area contributed by atoms with Gasteiger partial charge in [-0.15, -0.1) is 0 Å². The number of rotatable bonds is 1. The van der Waals surface area contributed by atoms with Gasteiger partial charge in [-0.2, -0.15) is 0 Å². The summed E-state index contributed by atoms with van der Waals surface area (Å²) < 4.78 is 2.37. The lowest BCUT2D eigenvalue weighted by Crippen LogP contribution is -2.02. The Balaban J connectivity index is 2.24. The van der Waals surface area contributed by atoms with E-state index in [2.05, 4.69) is 86.1 Å². The number of para-hydroxylation sites is 1. The molecule has 0 bridgehead atoms. The first-order chi connectivity index (χ1) is 10.2. The summed E-state index contributed by atoms with van der Waals surface area (Å²) in [6, 6.07) is 24.0. The zero-order chi connectivity index (χ0) is 14.4. The maximum absolute atomic E-state index is 2.37. The van der Waals surface area contributed by atoms with E-state index in [1.807, 2.05) is 0 Å². The van der Waals surface area contributed by atoms with Gasteiger partial charge in [-0.05, 0) is 36.8 Å². The summed E-state index contributed by atoms with van der Waals surface area (Å²) in [5.74, 6) is 0. The number of nitrogens with zero attached hydrogens (tertiary/aromatic N) is 1. The van der Waals surface area contributed by atoms with Crippen LogP contribution in [0, 0.1) is 6.92 Å². The van der Waals surface area contributed by atoms with Crippen LogP contribution in [0.3, 0.4) is 0 Å². The Morgan fingerprint density at radius 2 is 1.43 bits per heavy atom. The van der Waals surface area contributed by atoms with Crippen LogP contribution in [0.15, 0.2) is 66.7 Å². The summed E-state index contributed by atoms with van der Waals surface area (Å²) in [6.07, 6.45) is 0. The normalized spacial score (nSPS) is 11.3. The molecule has 0 saturated carbocycles. The number of hydrogen-bond donors (Lipinski definition) is 0. The van der Waals surface area contributed by atoms with Gasteiger partial charge in [0, 0.05) is 16.5 Å². The van der Waals surface area contributed by atoms with Crippen LogP contribution in [0.5, 0.6) is 0 Å². The van der Waals surface area contributed by atoms with E-state index in [0.717, 1.165) is 0 Å². The van der Waals surface area contributed by atoms with Gasteiger partial charge in [0.2, 0.25) is 0 Å². The average molecular weight is 269 g/mol. The van der Waals surface area contributed by atoms with Crippen molar-refractivity contribution in [2.45, 2.75) is 6.92 Å². The summed E-state index contributed by atoms with van der Waals surface area (Å²) in [5, 5.41) is 2.64. The molecule has 4 rings (SSSR count). The summed E-state index contributed by atoms with van der Waals surface area (Å²) in [4.78, 5) is 0. The van der Waals surface area contributed by atoms with Gasteiger partial charge in [0.1, 0.15) is 7.85 Å². The van der Waals surface area contributed by atoms with Crippen LogP contribution in [0.25, 0.3) is 27.5 Å². The van der Waals surface area contributed by atoms with Crippen LogP contribution in [-0.2, 0) is 0 Å². The van der Waals surface area contributed by atoms with E-state index < -0.39 is 0 Å². The highest BCUT2D eigenvalue weighted by molar-refractivity contribution is 6.33. The van der Waals surface area contributed by atoms with E-state index in [1.165, 1.54) is 38.5 Å². The van der Waals surface area contributed by atoms with Gasteiger partial charge in [-0.1, -0.05) is 47.9 Å². The highest BCUT2D eigenvalue weighted by atomic mass is 15.0. The molecule has 0 radical (unpaired) electrons. The first-order valence-electron chi connectivity index (χ1n) is 7.31. The predicted octanol–water partition coefficient (Wildman–Crippen LogP) is 3.35. The number of fused-ring (bicyclic) bond motifs is 3. The van der Waals surface area contributed by atoms with Crippen LogP contribution in [0.4, 0.5) is 0 Å². The van der Waals surface area contributed by atoms with Crippen LogP contribution in [0.1, 0.15) is 5.56 Å². The van der Waals surface area contributed by atoms with E-state index in [0.29, 0.717) is 0 Å². The van der Waals surface area contributed by atoms with Gasteiger partial charge >= 0.3 is 0 Å². The highest BCUT2D eigenvalue weighted by Crippen LogP contribution is 2.31. The van der Waals surface area contributed by atoms with Crippen LogP contribution >= 0.6 is 0 Å². The summed E-state index contributed by atoms with van der Waals surface area (Å²) in [6.45, 7) is 2.15. The van der Waals surface area contributed by atoms with Crippen LogP contribution in [-0.4, -0.2) is 12.4 Å². The van der Waals surface area contributed by atoms with Crippen molar-refractivity contribution in [3.8, 4) is 5.69 Å². The van der Waals surface area contributed by atoms with Crippen molar-refractivity contribution >= 4 is 35.1 Å². The second-order valence-electron chi connectivity index (χ2n) is 5.71. The third-order valence-corrected chi connectivity index (χ3v) is 4.09. The number of aromatic nitrogens is 1. The first kappa shape index (κ1) is 12.3. The Hall–Kier alpha value is -2.48. The Morgan fingerprint density at radius 1 is 0.762 bits per heavy atom. The van der Waals surface area contributed by atoms with Gasteiger partial charge in [0.05, 0.1) is 11.0 Å². The second kappa shape index (κ2) is 4.52. The average Bonchev–Trinajstić information content (AvgIpc) is 2.80. The standard InChI is InChI=1S/C19H16BN/c1-13-7-9-16-17-10-8-14(20)12-19(17)21(18(16)11-13)15-5-3-2-4-6-15/h2-12H,20H2,1H3. The summed E-state index contributed by atoms with van der Waals surface area (Å²) in [7, 11) is 2.15. The molecule has 0 saturated heterocycles. The minimum Gasteiger partial charge on any atom is -0.309 e. The molecule has 0 N–H and O–H groups in total. The summed E-state index contributed by atoms with van der Waals surface area (Å²) >= 11 is 0. The predicted molar refractivity (Wildman–Crippen MR) is 93.7 cm³/mol. The Kier molecular flexibility index (Phi) is 2.65. The molecule has 0 aliphatic heterocycles. The van der Waals surface area contributed by atoms with Crippen molar-refractivity contribution in [2.24, 2.45) is 0 Å². The first-order valence-corrected chi connectivity index (χ1v) is 7.31. The largest absolute Gasteiger partial charge is 0.309 e. The maximum Gasteiger partial charge on any atom is 0.139 e. The zero-order valence-electron chi connectivity index (χ0n) is 12.3. The number of hydrogen-bond acceptors (Lipinski definition) is 0. The van der Waals surface area contributed by atoms with Crippen molar-refractivity contribution in [3.05, 3.63) is 72.3 Å². The van der Waals surface area contributed by atoms with E-state index in [-0.39, 0.29) is 0 Å². The van der Waals surface area contributed by atoms with Crippen LogP contribution < -0.4 is 5.46 Å². The van der Waals surface area contributed by atoms with E-state index in [1.54, 1.807) is 0 Å². The number of aryl methyl sites for hydroxylation is 1. The molecular formula is C19H16BN. The lowest BCUT2D eigenvalue weighted by Gasteiger charge is -2.08. The third kappa shape index (κ3) is 1.87. The quantitative estimate of drug-likeness (QED) is 0.467. The molecule has 0 spiro atoms. The van der Waals surface area contributed by atoms with Gasteiger partial charge in [-0.3, -0.25) is 0 Å². The highest BCUT2D eigenvalue weighted by Gasteiger charge is 2.11. The minimum absolute atomic E-state index is 1.22. The van der Waals surface area contributed by atoms with Gasteiger partial charge in [-0.25, -0.2) is 0 Å². The fraction of sp³-hybridized carbons (Fsp3) is 0.0526. The Labute approximate surface area is 125 Å². The molecule has 0 aliphatic carbocycles. The van der Waals surface area contributed by atoms with Crippen molar-refractivity contribution in [1.82, 2.24) is 4.57 Å². The van der Waals surface area contributed by atoms with Gasteiger partial charge < -0.3 is 4.57 Å². The van der Waals surface area contributed by atoms with E-state index >= 15 is 0 Å². The lowest BCUT2D eigenvalue weighted by molar-refractivity contribution is 1.18. The van der Waals surface area contributed by atoms with Crippen molar-refractivity contribution in [3.63, 3.8) is 0 Å². The molecule has 1 nitrogen and oxygen atoms in total. The molecule has 0 fully saturated rings. The van der Waals surface area contributed by atoms with Crippen molar-refractivity contribution < 1.29 is 0 Å². The molecule has 0 aliphatic rings.